The van der Waals surface area contributed by atoms with Crippen LogP contribution < -0.4 is 10.6 Å². The van der Waals surface area contributed by atoms with Gasteiger partial charge in [0.1, 0.15) is 0 Å². The molecule has 0 bridgehead atoms. The van der Waals surface area contributed by atoms with Crippen molar-refractivity contribution in [2.45, 2.75) is 32.1 Å². The molecule has 2 amide bonds. The molecule has 2 aromatic rings. The van der Waals surface area contributed by atoms with Gasteiger partial charge in [0, 0.05) is 34.5 Å². The summed E-state index contributed by atoms with van der Waals surface area (Å²) >= 11 is 13.5. The second-order valence-electron chi connectivity index (χ2n) is 6.00. The molecule has 144 valence electrons. The van der Waals surface area contributed by atoms with E-state index in [-0.39, 0.29) is 11.8 Å². The van der Waals surface area contributed by atoms with E-state index in [0.29, 0.717) is 34.5 Å². The Bertz CT molecular complexity index is 799. The monoisotopic (exact) mass is 424 g/mol. The van der Waals surface area contributed by atoms with Gasteiger partial charge in [0.15, 0.2) is 0 Å². The SMILES string of the molecule is CCCC(=O)Nc1cccc(CNC(=O)CSCc2ccc(Cl)cc2Cl)c1. The number of nitrogens with one attached hydrogen (secondary N) is 2. The summed E-state index contributed by atoms with van der Waals surface area (Å²) in [7, 11) is 0. The summed E-state index contributed by atoms with van der Waals surface area (Å²) in [5.41, 5.74) is 2.63. The highest BCUT2D eigenvalue weighted by molar-refractivity contribution is 7.99. The Hall–Kier alpha value is -1.69. The molecule has 2 N–H and O–H groups in total. The zero-order valence-corrected chi connectivity index (χ0v) is 17.4. The Morgan fingerprint density at radius 2 is 1.89 bits per heavy atom. The lowest BCUT2D eigenvalue weighted by Crippen LogP contribution is -2.24. The molecule has 0 fully saturated rings. The van der Waals surface area contributed by atoms with Crippen LogP contribution in [-0.4, -0.2) is 17.6 Å². The van der Waals surface area contributed by atoms with Crippen molar-refractivity contribution in [1.29, 1.82) is 0 Å². The zero-order chi connectivity index (χ0) is 19.6. The smallest absolute Gasteiger partial charge is 0.230 e. The first-order valence-corrected chi connectivity index (χ1v) is 10.6. The van der Waals surface area contributed by atoms with Crippen LogP contribution in [0.3, 0.4) is 0 Å². The van der Waals surface area contributed by atoms with Crippen molar-refractivity contribution < 1.29 is 9.59 Å². The zero-order valence-electron chi connectivity index (χ0n) is 15.1. The topological polar surface area (TPSA) is 58.2 Å². The molecule has 2 aromatic carbocycles. The van der Waals surface area contributed by atoms with Gasteiger partial charge in [-0.05, 0) is 41.8 Å². The predicted molar refractivity (Wildman–Crippen MR) is 114 cm³/mol. The highest BCUT2D eigenvalue weighted by Crippen LogP contribution is 2.24. The van der Waals surface area contributed by atoms with Crippen molar-refractivity contribution in [1.82, 2.24) is 5.32 Å². The first-order chi connectivity index (χ1) is 13.0. The number of carbonyl (C=O) groups excluding carboxylic acids is 2. The third-order valence-corrected chi connectivity index (χ3v) is 5.25. The number of carbonyl (C=O) groups is 2. The van der Waals surface area contributed by atoms with Crippen molar-refractivity contribution in [2.24, 2.45) is 0 Å². The normalized spacial score (nSPS) is 10.5. The van der Waals surface area contributed by atoms with Gasteiger partial charge in [-0.25, -0.2) is 0 Å². The fraction of sp³-hybridized carbons (Fsp3) is 0.300. The van der Waals surface area contributed by atoms with Crippen LogP contribution in [0.5, 0.6) is 0 Å². The highest BCUT2D eigenvalue weighted by Gasteiger charge is 2.06. The van der Waals surface area contributed by atoms with Gasteiger partial charge in [-0.2, -0.15) is 0 Å². The van der Waals surface area contributed by atoms with E-state index in [2.05, 4.69) is 10.6 Å². The van der Waals surface area contributed by atoms with Crippen LogP contribution in [-0.2, 0) is 21.9 Å². The van der Waals surface area contributed by atoms with Gasteiger partial charge in [0.2, 0.25) is 11.8 Å². The van der Waals surface area contributed by atoms with E-state index < -0.39 is 0 Å². The van der Waals surface area contributed by atoms with Gasteiger partial charge in [-0.3, -0.25) is 9.59 Å². The molecule has 0 spiro atoms. The molecule has 0 saturated heterocycles. The molecule has 0 aliphatic carbocycles. The number of thioether (sulfide) groups is 1. The molecule has 0 heterocycles. The summed E-state index contributed by atoms with van der Waals surface area (Å²) in [6.45, 7) is 2.38. The van der Waals surface area contributed by atoms with Crippen LogP contribution in [0.1, 0.15) is 30.9 Å². The summed E-state index contributed by atoms with van der Waals surface area (Å²) < 4.78 is 0. The lowest BCUT2D eigenvalue weighted by atomic mass is 10.2. The average Bonchev–Trinajstić information content (AvgIpc) is 2.62. The van der Waals surface area contributed by atoms with Crippen LogP contribution in [0.25, 0.3) is 0 Å². The number of amides is 2. The third-order valence-electron chi connectivity index (χ3n) is 3.68. The standard InChI is InChI=1S/C20H22Cl2N2O2S/c1-2-4-19(25)24-17-6-3-5-14(9-17)11-23-20(26)13-27-12-15-7-8-16(21)10-18(15)22/h3,5-10H,2,4,11-13H2,1H3,(H,23,26)(H,24,25). The Morgan fingerprint density at radius 3 is 2.63 bits per heavy atom. The average molecular weight is 425 g/mol. The Morgan fingerprint density at radius 1 is 1.07 bits per heavy atom. The lowest BCUT2D eigenvalue weighted by molar-refractivity contribution is -0.119. The van der Waals surface area contributed by atoms with E-state index in [1.165, 1.54) is 11.8 Å². The van der Waals surface area contributed by atoms with Gasteiger partial charge in [0.05, 0.1) is 5.75 Å². The third kappa shape index (κ3) is 7.83. The first kappa shape index (κ1) is 21.6. The van der Waals surface area contributed by atoms with E-state index in [1.807, 2.05) is 37.3 Å². The molecular formula is C20H22Cl2N2O2S. The summed E-state index contributed by atoms with van der Waals surface area (Å²) in [5, 5.41) is 6.95. The minimum absolute atomic E-state index is 0.00375. The van der Waals surface area contributed by atoms with E-state index in [4.69, 9.17) is 23.2 Å². The van der Waals surface area contributed by atoms with Crippen molar-refractivity contribution in [3.8, 4) is 0 Å². The predicted octanol–water partition coefficient (Wildman–Crippen LogP) is 5.28. The molecule has 4 nitrogen and oxygen atoms in total. The Balaban J connectivity index is 1.75. The number of halogens is 2. The molecular weight excluding hydrogens is 403 g/mol. The highest BCUT2D eigenvalue weighted by atomic mass is 35.5. The minimum atomic E-state index is -0.0505. The van der Waals surface area contributed by atoms with E-state index in [0.717, 1.165) is 23.2 Å². The maximum atomic E-state index is 12.0. The van der Waals surface area contributed by atoms with Crippen molar-refractivity contribution >= 4 is 52.5 Å². The molecule has 7 heteroatoms. The van der Waals surface area contributed by atoms with Gasteiger partial charge in [0.25, 0.3) is 0 Å². The second kappa shape index (κ2) is 11.2. The molecule has 0 saturated carbocycles. The summed E-state index contributed by atoms with van der Waals surface area (Å²) in [4.78, 5) is 23.7. The first-order valence-electron chi connectivity index (χ1n) is 8.65. The summed E-state index contributed by atoms with van der Waals surface area (Å²) in [5.74, 6) is 0.926. The molecule has 0 unspecified atom stereocenters. The largest absolute Gasteiger partial charge is 0.351 e. The number of hydrogen-bond acceptors (Lipinski definition) is 3. The fourth-order valence-electron chi connectivity index (χ4n) is 2.35. The van der Waals surface area contributed by atoms with Crippen molar-refractivity contribution in [3.05, 3.63) is 63.6 Å². The Kier molecular flexibility index (Phi) is 8.98. The lowest BCUT2D eigenvalue weighted by Gasteiger charge is -2.09. The summed E-state index contributed by atoms with van der Waals surface area (Å²) in [6.07, 6.45) is 1.30. The van der Waals surface area contributed by atoms with Crippen LogP contribution in [0.2, 0.25) is 10.0 Å². The molecule has 0 aromatic heterocycles. The second-order valence-corrected chi connectivity index (χ2v) is 7.83. The van der Waals surface area contributed by atoms with Crippen LogP contribution in [0.4, 0.5) is 5.69 Å². The summed E-state index contributed by atoms with van der Waals surface area (Å²) in [6, 6.07) is 12.8. The van der Waals surface area contributed by atoms with Crippen molar-refractivity contribution in [3.63, 3.8) is 0 Å². The maximum absolute atomic E-state index is 12.0. The molecule has 0 radical (unpaired) electrons. The van der Waals surface area contributed by atoms with Gasteiger partial charge < -0.3 is 10.6 Å². The molecule has 0 aliphatic heterocycles. The number of hydrogen-bond donors (Lipinski definition) is 2. The van der Waals surface area contributed by atoms with Gasteiger partial charge >= 0.3 is 0 Å². The van der Waals surface area contributed by atoms with Crippen LogP contribution >= 0.6 is 35.0 Å². The fourth-order valence-corrected chi connectivity index (χ4v) is 3.77. The Labute approximate surface area is 174 Å². The number of benzene rings is 2. The van der Waals surface area contributed by atoms with Crippen molar-refractivity contribution in [2.75, 3.05) is 11.1 Å². The molecule has 2 rings (SSSR count). The van der Waals surface area contributed by atoms with E-state index >= 15 is 0 Å². The quantitative estimate of drug-likeness (QED) is 0.575. The maximum Gasteiger partial charge on any atom is 0.230 e. The minimum Gasteiger partial charge on any atom is -0.351 e. The van der Waals surface area contributed by atoms with Gasteiger partial charge in [-0.15, -0.1) is 11.8 Å². The molecule has 0 atom stereocenters. The van der Waals surface area contributed by atoms with E-state index in [1.54, 1.807) is 12.1 Å². The molecule has 0 aliphatic rings. The van der Waals surface area contributed by atoms with Crippen LogP contribution in [0, 0.1) is 0 Å². The number of anilines is 1. The molecule has 27 heavy (non-hydrogen) atoms. The number of rotatable bonds is 9. The van der Waals surface area contributed by atoms with E-state index in [9.17, 15) is 9.59 Å². The van der Waals surface area contributed by atoms with Gasteiger partial charge in [-0.1, -0.05) is 48.3 Å². The van der Waals surface area contributed by atoms with Crippen LogP contribution in [0.15, 0.2) is 42.5 Å².